The van der Waals surface area contributed by atoms with Gasteiger partial charge in [-0.1, -0.05) is 13.8 Å². The van der Waals surface area contributed by atoms with Crippen LogP contribution >= 0.6 is 0 Å². The zero-order chi connectivity index (χ0) is 13.5. The summed E-state index contributed by atoms with van der Waals surface area (Å²) in [6.07, 6.45) is 2.35. The summed E-state index contributed by atoms with van der Waals surface area (Å²) in [5.74, 6) is 0. The molecule has 0 heterocycles. The van der Waals surface area contributed by atoms with Gasteiger partial charge in [-0.25, -0.2) is 8.42 Å². The highest BCUT2D eigenvalue weighted by Gasteiger charge is 2.29. The van der Waals surface area contributed by atoms with Gasteiger partial charge in [0.25, 0.3) is 0 Å². The molecule has 0 saturated carbocycles. The summed E-state index contributed by atoms with van der Waals surface area (Å²) in [7, 11) is -2.99. The molecule has 4 nitrogen and oxygen atoms in total. The number of nitrogens with zero attached hydrogens (tertiary/aromatic N) is 1. The first kappa shape index (κ1) is 16.9. The van der Waals surface area contributed by atoms with E-state index in [-0.39, 0.29) is 0 Å². The Morgan fingerprint density at radius 2 is 1.71 bits per heavy atom. The minimum atomic E-state index is -2.99. The van der Waals surface area contributed by atoms with Gasteiger partial charge in [-0.05, 0) is 46.4 Å². The molecule has 0 aromatic heterocycles. The first-order valence-electron chi connectivity index (χ1n) is 6.37. The van der Waals surface area contributed by atoms with E-state index in [2.05, 4.69) is 24.1 Å². The molecule has 104 valence electrons. The third-order valence-corrected chi connectivity index (χ3v) is 5.43. The Kier molecular flexibility index (Phi) is 7.28. The molecule has 0 aromatic rings. The lowest BCUT2D eigenvalue weighted by atomic mass is 10.2. The van der Waals surface area contributed by atoms with Crippen molar-refractivity contribution in [1.29, 1.82) is 0 Å². The number of rotatable bonds is 9. The monoisotopic (exact) mass is 264 g/mol. The molecule has 5 heteroatoms. The highest BCUT2D eigenvalue weighted by atomic mass is 32.2. The van der Waals surface area contributed by atoms with Gasteiger partial charge in [0.1, 0.15) is 0 Å². The average Bonchev–Trinajstić information content (AvgIpc) is 2.21. The minimum Gasteiger partial charge on any atom is -0.315 e. The van der Waals surface area contributed by atoms with E-state index in [1.54, 1.807) is 13.8 Å². The maximum Gasteiger partial charge on any atom is 0.153 e. The average molecular weight is 264 g/mol. The largest absolute Gasteiger partial charge is 0.315 e. The van der Waals surface area contributed by atoms with Crippen molar-refractivity contribution < 1.29 is 8.42 Å². The molecule has 0 rings (SSSR count). The van der Waals surface area contributed by atoms with Gasteiger partial charge in [0.2, 0.25) is 0 Å². The lowest BCUT2D eigenvalue weighted by molar-refractivity contribution is 0.297. The van der Waals surface area contributed by atoms with E-state index in [1.807, 2.05) is 0 Å². The van der Waals surface area contributed by atoms with Gasteiger partial charge in [0.15, 0.2) is 9.84 Å². The third kappa shape index (κ3) is 6.38. The van der Waals surface area contributed by atoms with Crippen molar-refractivity contribution in [1.82, 2.24) is 10.2 Å². The summed E-state index contributed by atoms with van der Waals surface area (Å²) in [4.78, 5) is 2.36. The van der Waals surface area contributed by atoms with Crippen LogP contribution in [-0.4, -0.2) is 57.0 Å². The number of hydrogen-bond acceptors (Lipinski definition) is 4. The van der Waals surface area contributed by atoms with Crippen LogP contribution in [0, 0.1) is 0 Å². The van der Waals surface area contributed by atoms with Crippen LogP contribution in [0.4, 0.5) is 0 Å². The van der Waals surface area contributed by atoms with Crippen molar-refractivity contribution in [3.05, 3.63) is 0 Å². The summed E-state index contributed by atoms with van der Waals surface area (Å²) >= 11 is 0. The van der Waals surface area contributed by atoms with Crippen LogP contribution in [0.5, 0.6) is 0 Å². The van der Waals surface area contributed by atoms with Crippen LogP contribution in [0.2, 0.25) is 0 Å². The molecule has 0 amide bonds. The Morgan fingerprint density at radius 1 is 1.18 bits per heavy atom. The van der Waals surface area contributed by atoms with Gasteiger partial charge in [0.05, 0.1) is 4.75 Å². The molecular formula is C12H28N2O2S. The maximum atomic E-state index is 11.5. The van der Waals surface area contributed by atoms with Crippen molar-refractivity contribution in [2.75, 3.05) is 39.0 Å². The van der Waals surface area contributed by atoms with Crippen molar-refractivity contribution in [3.8, 4) is 0 Å². The molecule has 0 saturated heterocycles. The van der Waals surface area contributed by atoms with E-state index in [9.17, 15) is 8.42 Å². The molecule has 17 heavy (non-hydrogen) atoms. The number of nitrogens with one attached hydrogen (secondary N) is 1. The Balaban J connectivity index is 3.79. The van der Waals surface area contributed by atoms with Crippen molar-refractivity contribution in [3.63, 3.8) is 0 Å². The predicted molar refractivity (Wildman–Crippen MR) is 74.2 cm³/mol. The summed E-state index contributed by atoms with van der Waals surface area (Å²) in [5.41, 5.74) is 0. The fraction of sp³-hybridized carbons (Fsp3) is 1.00. The van der Waals surface area contributed by atoms with Gasteiger partial charge in [-0.3, -0.25) is 0 Å². The van der Waals surface area contributed by atoms with Gasteiger partial charge in [-0.15, -0.1) is 0 Å². The quantitative estimate of drug-likeness (QED) is 0.634. The van der Waals surface area contributed by atoms with Crippen molar-refractivity contribution in [2.45, 2.75) is 38.9 Å². The molecule has 0 atom stereocenters. The van der Waals surface area contributed by atoms with E-state index in [1.165, 1.54) is 6.26 Å². The van der Waals surface area contributed by atoms with Crippen LogP contribution in [0.1, 0.15) is 34.1 Å². The number of hydrogen-bond donors (Lipinski definition) is 1. The fourth-order valence-electron chi connectivity index (χ4n) is 1.49. The molecule has 0 aliphatic heterocycles. The second-order valence-corrected chi connectivity index (χ2v) is 7.74. The molecule has 0 fully saturated rings. The normalized spacial score (nSPS) is 13.3. The summed E-state index contributed by atoms with van der Waals surface area (Å²) in [6.45, 7) is 12.4. The number of sulfone groups is 1. The highest BCUT2D eigenvalue weighted by molar-refractivity contribution is 7.92. The molecule has 1 N–H and O–H groups in total. The van der Waals surface area contributed by atoms with E-state index >= 15 is 0 Å². The molecule has 0 aliphatic rings. The molecule has 0 aliphatic carbocycles. The van der Waals surface area contributed by atoms with Gasteiger partial charge < -0.3 is 10.2 Å². The first-order valence-corrected chi connectivity index (χ1v) is 8.26. The molecule has 0 radical (unpaired) electrons. The molecule has 0 spiro atoms. The topological polar surface area (TPSA) is 49.4 Å². The molecule has 0 aromatic carbocycles. The standard InChI is InChI=1S/C12H28N2O2S/c1-6-14(7-2)10-8-9-13-11-12(3,4)17(5,15)16/h13H,6-11H2,1-5H3. The predicted octanol–water partition coefficient (Wildman–Crippen LogP) is 1.13. The summed E-state index contributed by atoms with van der Waals surface area (Å²) in [6, 6.07) is 0. The minimum absolute atomic E-state index is 0.518. The Hall–Kier alpha value is -0.130. The maximum absolute atomic E-state index is 11.5. The second-order valence-electron chi connectivity index (χ2n) is 5.09. The first-order chi connectivity index (χ1) is 7.74. The van der Waals surface area contributed by atoms with Crippen LogP contribution < -0.4 is 5.32 Å². The lowest BCUT2D eigenvalue weighted by Gasteiger charge is -2.23. The van der Waals surface area contributed by atoms with E-state index in [0.717, 1.165) is 32.6 Å². The van der Waals surface area contributed by atoms with Gasteiger partial charge in [0, 0.05) is 12.8 Å². The van der Waals surface area contributed by atoms with Crippen molar-refractivity contribution >= 4 is 9.84 Å². The van der Waals surface area contributed by atoms with Crippen LogP contribution in [0.3, 0.4) is 0 Å². The zero-order valence-electron chi connectivity index (χ0n) is 11.9. The highest BCUT2D eigenvalue weighted by Crippen LogP contribution is 2.13. The lowest BCUT2D eigenvalue weighted by Crippen LogP contribution is -2.42. The van der Waals surface area contributed by atoms with Crippen LogP contribution in [0.15, 0.2) is 0 Å². The van der Waals surface area contributed by atoms with E-state index < -0.39 is 14.6 Å². The summed E-state index contributed by atoms with van der Waals surface area (Å²) < 4.78 is 22.3. The fourth-order valence-corrected chi connectivity index (χ4v) is 1.85. The summed E-state index contributed by atoms with van der Waals surface area (Å²) in [5, 5.41) is 3.23. The van der Waals surface area contributed by atoms with Gasteiger partial charge in [-0.2, -0.15) is 0 Å². The smallest absolute Gasteiger partial charge is 0.153 e. The molecular weight excluding hydrogens is 236 g/mol. The Labute approximate surface area is 107 Å². The van der Waals surface area contributed by atoms with Crippen LogP contribution in [-0.2, 0) is 9.84 Å². The Bertz CT molecular complexity index is 296. The van der Waals surface area contributed by atoms with E-state index in [4.69, 9.17) is 0 Å². The Morgan fingerprint density at radius 3 is 2.12 bits per heavy atom. The second kappa shape index (κ2) is 7.34. The van der Waals surface area contributed by atoms with Gasteiger partial charge >= 0.3 is 0 Å². The molecule has 0 unspecified atom stereocenters. The third-order valence-electron chi connectivity index (χ3n) is 3.28. The van der Waals surface area contributed by atoms with E-state index in [0.29, 0.717) is 6.54 Å². The van der Waals surface area contributed by atoms with Crippen LogP contribution in [0.25, 0.3) is 0 Å². The SMILES string of the molecule is CCN(CC)CCCNCC(C)(C)S(C)(=O)=O. The van der Waals surface area contributed by atoms with Crippen molar-refractivity contribution in [2.24, 2.45) is 0 Å². The molecule has 0 bridgehead atoms. The zero-order valence-corrected chi connectivity index (χ0v) is 12.7.